The van der Waals surface area contributed by atoms with E-state index in [0.717, 1.165) is 15.6 Å². The van der Waals surface area contributed by atoms with E-state index < -0.39 is 0 Å². The summed E-state index contributed by atoms with van der Waals surface area (Å²) in [5.74, 6) is 0.632. The average molecular weight is 332 g/mol. The maximum absolute atomic E-state index is 11.8. The molecule has 5 heteroatoms. The number of aryl methyl sites for hydroxylation is 1. The molecule has 0 bridgehead atoms. The third kappa shape index (κ3) is 2.70. The summed E-state index contributed by atoms with van der Waals surface area (Å²) in [6.45, 7) is 3.14. The highest BCUT2D eigenvalue weighted by Gasteiger charge is 2.24. The molecule has 1 aromatic rings. The number of pyridine rings is 1. The van der Waals surface area contributed by atoms with Gasteiger partial charge in [-0.15, -0.1) is 0 Å². The summed E-state index contributed by atoms with van der Waals surface area (Å²) in [5.41, 5.74) is 0.985. The molecule has 1 fully saturated rings. The normalized spacial score (nSPS) is 19.8. The van der Waals surface area contributed by atoms with Gasteiger partial charge in [-0.25, -0.2) is 4.98 Å². The summed E-state index contributed by atoms with van der Waals surface area (Å²) in [4.78, 5) is 16.0. The number of anilines is 1. The first kappa shape index (κ1) is 11.8. The number of carbonyl (C=O) groups is 1. The number of aromatic nitrogens is 1. The fourth-order valence-corrected chi connectivity index (χ4v) is 2.24. The Balaban J connectivity index is 2.05. The van der Waals surface area contributed by atoms with Gasteiger partial charge in [0, 0.05) is 16.4 Å². The quantitative estimate of drug-likeness (QED) is 0.843. The molecule has 2 heterocycles. The second-order valence-corrected chi connectivity index (χ2v) is 5.11. The summed E-state index contributed by atoms with van der Waals surface area (Å²) >= 11 is 2.20. The van der Waals surface area contributed by atoms with Crippen LogP contribution in [0, 0.1) is 16.4 Å². The van der Waals surface area contributed by atoms with E-state index in [1.807, 2.05) is 13.0 Å². The van der Waals surface area contributed by atoms with E-state index in [2.05, 4.69) is 32.9 Å². The lowest BCUT2D eigenvalue weighted by atomic mass is 10.1. The Morgan fingerprint density at radius 2 is 2.50 bits per heavy atom. The van der Waals surface area contributed by atoms with Gasteiger partial charge in [-0.1, -0.05) is 0 Å². The minimum Gasteiger partial charge on any atom is -0.381 e. The first-order valence-electron chi connectivity index (χ1n) is 5.17. The Morgan fingerprint density at radius 1 is 1.69 bits per heavy atom. The minimum atomic E-state index is -0.0273. The summed E-state index contributed by atoms with van der Waals surface area (Å²) in [6.07, 6.45) is 2.55. The summed E-state index contributed by atoms with van der Waals surface area (Å²) in [6, 6.07) is 1.99. The molecule has 0 radical (unpaired) electrons. The van der Waals surface area contributed by atoms with Crippen molar-refractivity contribution in [3.8, 4) is 0 Å². The lowest BCUT2D eigenvalue weighted by Crippen LogP contribution is -2.23. The summed E-state index contributed by atoms with van der Waals surface area (Å²) in [7, 11) is 0. The molecule has 4 nitrogen and oxygen atoms in total. The largest absolute Gasteiger partial charge is 0.381 e. The van der Waals surface area contributed by atoms with E-state index in [9.17, 15) is 4.79 Å². The van der Waals surface area contributed by atoms with Crippen molar-refractivity contribution in [3.05, 3.63) is 21.4 Å². The van der Waals surface area contributed by atoms with Gasteiger partial charge in [-0.3, -0.25) is 4.79 Å². The molecule has 1 aliphatic heterocycles. The third-order valence-corrected chi connectivity index (χ3v) is 3.18. The van der Waals surface area contributed by atoms with Gasteiger partial charge in [0.2, 0.25) is 5.91 Å². The van der Waals surface area contributed by atoms with Crippen molar-refractivity contribution in [1.82, 2.24) is 4.98 Å². The standard InChI is InChI=1S/C11H13IN2O2/c1-7-4-9(12)5-13-10(7)14-11(15)8-2-3-16-6-8/h4-5,8H,2-3,6H2,1H3,(H,13,14,15)/t8-/m1/s1. The first-order valence-corrected chi connectivity index (χ1v) is 6.25. The van der Waals surface area contributed by atoms with E-state index in [1.165, 1.54) is 0 Å². The molecule has 2 rings (SSSR count). The molecule has 86 valence electrons. The Kier molecular flexibility index (Phi) is 3.75. The Labute approximate surface area is 108 Å². The van der Waals surface area contributed by atoms with Gasteiger partial charge in [0.15, 0.2) is 0 Å². The fraction of sp³-hybridized carbons (Fsp3) is 0.455. The summed E-state index contributed by atoms with van der Waals surface area (Å²) in [5, 5.41) is 2.85. The number of nitrogens with one attached hydrogen (secondary N) is 1. The second kappa shape index (κ2) is 5.09. The van der Waals surface area contributed by atoms with Crippen LogP contribution < -0.4 is 5.32 Å². The van der Waals surface area contributed by atoms with Crippen LogP contribution in [-0.2, 0) is 9.53 Å². The van der Waals surface area contributed by atoms with Gasteiger partial charge >= 0.3 is 0 Å². The molecule has 0 spiro atoms. The van der Waals surface area contributed by atoms with Crippen molar-refractivity contribution in [1.29, 1.82) is 0 Å². The molecule has 16 heavy (non-hydrogen) atoms. The highest BCUT2D eigenvalue weighted by atomic mass is 127. The number of rotatable bonds is 2. The minimum absolute atomic E-state index is 0.00862. The molecule has 1 N–H and O–H groups in total. The van der Waals surface area contributed by atoms with Crippen LogP contribution in [0.2, 0.25) is 0 Å². The van der Waals surface area contributed by atoms with E-state index >= 15 is 0 Å². The van der Waals surface area contributed by atoms with Crippen LogP contribution in [-0.4, -0.2) is 24.1 Å². The number of halogens is 1. The number of nitrogens with zero attached hydrogens (tertiary/aromatic N) is 1. The molecular weight excluding hydrogens is 319 g/mol. The maximum Gasteiger partial charge on any atom is 0.231 e. The zero-order chi connectivity index (χ0) is 11.5. The van der Waals surface area contributed by atoms with Crippen molar-refractivity contribution in [2.75, 3.05) is 18.5 Å². The highest BCUT2D eigenvalue weighted by Crippen LogP contribution is 2.18. The molecule has 0 unspecified atom stereocenters. The second-order valence-electron chi connectivity index (χ2n) is 3.87. The van der Waals surface area contributed by atoms with Crippen molar-refractivity contribution >= 4 is 34.3 Å². The van der Waals surface area contributed by atoms with Crippen LogP contribution >= 0.6 is 22.6 Å². The van der Waals surface area contributed by atoms with Crippen LogP contribution in [0.5, 0.6) is 0 Å². The summed E-state index contributed by atoms with van der Waals surface area (Å²) < 4.78 is 6.25. The van der Waals surface area contributed by atoms with Gasteiger partial charge in [-0.2, -0.15) is 0 Å². The van der Waals surface area contributed by atoms with E-state index in [4.69, 9.17) is 4.74 Å². The Hall–Kier alpha value is -0.690. The molecule has 1 saturated heterocycles. The lowest BCUT2D eigenvalue weighted by Gasteiger charge is -2.10. The maximum atomic E-state index is 11.8. The highest BCUT2D eigenvalue weighted by molar-refractivity contribution is 14.1. The topological polar surface area (TPSA) is 51.2 Å². The number of hydrogen-bond donors (Lipinski definition) is 1. The molecule has 1 amide bonds. The van der Waals surface area contributed by atoms with Crippen molar-refractivity contribution in [2.24, 2.45) is 5.92 Å². The molecule has 1 aliphatic rings. The molecule has 1 atom stereocenters. The Bertz CT molecular complexity index is 403. The number of carbonyl (C=O) groups excluding carboxylic acids is 1. The van der Waals surface area contributed by atoms with E-state index in [-0.39, 0.29) is 11.8 Å². The Morgan fingerprint density at radius 3 is 3.12 bits per heavy atom. The van der Waals surface area contributed by atoms with Crippen molar-refractivity contribution < 1.29 is 9.53 Å². The lowest BCUT2D eigenvalue weighted by molar-refractivity contribution is -0.119. The van der Waals surface area contributed by atoms with Gasteiger partial charge in [0.1, 0.15) is 5.82 Å². The van der Waals surface area contributed by atoms with Gasteiger partial charge in [0.25, 0.3) is 0 Å². The number of amides is 1. The van der Waals surface area contributed by atoms with Gasteiger partial charge in [-0.05, 0) is 47.6 Å². The zero-order valence-corrected chi connectivity index (χ0v) is 11.2. The van der Waals surface area contributed by atoms with E-state index in [0.29, 0.717) is 19.0 Å². The molecule has 0 aromatic carbocycles. The SMILES string of the molecule is Cc1cc(I)cnc1NC(=O)[C@@H]1CCOC1. The molecule has 0 aliphatic carbocycles. The smallest absolute Gasteiger partial charge is 0.231 e. The molecular formula is C11H13IN2O2. The fourth-order valence-electron chi connectivity index (χ4n) is 1.63. The van der Waals surface area contributed by atoms with Crippen LogP contribution in [0.1, 0.15) is 12.0 Å². The molecule has 1 aromatic heterocycles. The van der Waals surface area contributed by atoms with Gasteiger partial charge < -0.3 is 10.1 Å². The number of hydrogen-bond acceptors (Lipinski definition) is 3. The first-order chi connectivity index (χ1) is 7.66. The van der Waals surface area contributed by atoms with Crippen molar-refractivity contribution in [2.45, 2.75) is 13.3 Å². The van der Waals surface area contributed by atoms with Crippen LogP contribution in [0.15, 0.2) is 12.3 Å². The average Bonchev–Trinajstić information content (AvgIpc) is 2.75. The van der Waals surface area contributed by atoms with Crippen LogP contribution in [0.25, 0.3) is 0 Å². The van der Waals surface area contributed by atoms with Crippen LogP contribution in [0.4, 0.5) is 5.82 Å². The van der Waals surface area contributed by atoms with E-state index in [1.54, 1.807) is 6.20 Å². The van der Waals surface area contributed by atoms with Crippen molar-refractivity contribution in [3.63, 3.8) is 0 Å². The third-order valence-electron chi connectivity index (χ3n) is 2.59. The predicted molar refractivity (Wildman–Crippen MR) is 69.2 cm³/mol. The van der Waals surface area contributed by atoms with Gasteiger partial charge in [0.05, 0.1) is 12.5 Å². The zero-order valence-electron chi connectivity index (χ0n) is 9.00. The number of ether oxygens (including phenoxy) is 1. The van der Waals surface area contributed by atoms with Crippen LogP contribution in [0.3, 0.4) is 0 Å². The molecule has 0 saturated carbocycles. The monoisotopic (exact) mass is 332 g/mol. The predicted octanol–water partition coefficient (Wildman–Crippen LogP) is 1.97.